The highest BCUT2D eigenvalue weighted by molar-refractivity contribution is 7.89. The van der Waals surface area contributed by atoms with Gasteiger partial charge in [-0.15, -0.1) is 0 Å². The van der Waals surface area contributed by atoms with Crippen molar-refractivity contribution in [3.63, 3.8) is 0 Å². The first-order valence-electron chi connectivity index (χ1n) is 7.35. The fourth-order valence-corrected chi connectivity index (χ4v) is 6.10. The lowest BCUT2D eigenvalue weighted by atomic mass is 10.0. The van der Waals surface area contributed by atoms with Gasteiger partial charge in [-0.2, -0.15) is 0 Å². The fourth-order valence-electron chi connectivity index (χ4n) is 4.66. The number of hydrogen-bond donors (Lipinski definition) is 2. The monoisotopic (exact) mass is 292 g/mol. The molecule has 20 heavy (non-hydrogen) atoms. The molecule has 0 amide bonds. The van der Waals surface area contributed by atoms with E-state index in [1.807, 2.05) is 6.92 Å². The molecule has 4 rings (SSSR count). The second-order valence-electron chi connectivity index (χ2n) is 6.71. The number of fused-ring (bicyclic) bond motifs is 5. The van der Waals surface area contributed by atoms with E-state index in [9.17, 15) is 8.42 Å². The Morgan fingerprint density at radius 1 is 1.15 bits per heavy atom. The average Bonchev–Trinajstić information content (AvgIpc) is 2.77. The normalized spacial score (nSPS) is 38.0. The highest BCUT2D eigenvalue weighted by atomic mass is 32.2. The Balaban J connectivity index is 1.57. The predicted octanol–water partition coefficient (Wildman–Crippen LogP) is 1.90. The van der Waals surface area contributed by atoms with Gasteiger partial charge in [0.25, 0.3) is 0 Å². The van der Waals surface area contributed by atoms with Crippen LogP contribution in [0.15, 0.2) is 23.1 Å². The maximum Gasteiger partial charge on any atom is 0.240 e. The number of benzene rings is 1. The van der Waals surface area contributed by atoms with Crippen LogP contribution in [0.2, 0.25) is 0 Å². The van der Waals surface area contributed by atoms with Crippen molar-refractivity contribution in [2.45, 2.75) is 37.1 Å². The number of aryl methyl sites for hydroxylation is 1. The molecule has 0 aliphatic heterocycles. The van der Waals surface area contributed by atoms with Crippen molar-refractivity contribution in [1.82, 2.24) is 4.72 Å². The maximum atomic E-state index is 12.5. The number of anilines is 1. The molecular weight excluding hydrogens is 272 g/mol. The van der Waals surface area contributed by atoms with E-state index in [1.54, 1.807) is 18.2 Å². The molecule has 0 radical (unpaired) electrons. The van der Waals surface area contributed by atoms with Crippen LogP contribution in [0.25, 0.3) is 0 Å². The standard InChI is InChI=1S/C15H20N2O2S/c1-8-4-11(16)7-12(5-8)20(18,19)17-15-13-9-2-3-10(6-9)14(13)15/h4-5,7,9-10,13-15,17H,2-3,6,16H2,1H3. The van der Waals surface area contributed by atoms with Gasteiger partial charge in [0.05, 0.1) is 4.90 Å². The zero-order chi connectivity index (χ0) is 14.1. The van der Waals surface area contributed by atoms with E-state index >= 15 is 0 Å². The Morgan fingerprint density at radius 3 is 2.40 bits per heavy atom. The van der Waals surface area contributed by atoms with E-state index < -0.39 is 10.0 Å². The molecule has 4 atom stereocenters. The molecule has 4 unspecified atom stereocenters. The average molecular weight is 292 g/mol. The minimum Gasteiger partial charge on any atom is -0.399 e. The summed E-state index contributed by atoms with van der Waals surface area (Å²) in [6.07, 6.45) is 3.91. The van der Waals surface area contributed by atoms with Gasteiger partial charge in [0.15, 0.2) is 0 Å². The molecule has 3 saturated carbocycles. The number of sulfonamides is 1. The maximum absolute atomic E-state index is 12.5. The molecule has 1 aromatic rings. The lowest BCUT2D eigenvalue weighted by Crippen LogP contribution is -2.30. The van der Waals surface area contributed by atoms with E-state index in [2.05, 4.69) is 4.72 Å². The van der Waals surface area contributed by atoms with Crippen molar-refractivity contribution in [1.29, 1.82) is 0 Å². The molecule has 5 heteroatoms. The van der Waals surface area contributed by atoms with Crippen LogP contribution in [0.5, 0.6) is 0 Å². The fraction of sp³-hybridized carbons (Fsp3) is 0.600. The van der Waals surface area contributed by atoms with Crippen molar-refractivity contribution in [2.75, 3.05) is 5.73 Å². The number of nitrogens with one attached hydrogen (secondary N) is 1. The Bertz CT molecular complexity index is 634. The van der Waals surface area contributed by atoms with Gasteiger partial charge in [0.2, 0.25) is 10.0 Å². The zero-order valence-corrected chi connectivity index (χ0v) is 12.4. The van der Waals surface area contributed by atoms with E-state index in [1.165, 1.54) is 19.3 Å². The molecule has 3 aliphatic rings. The Labute approximate surface area is 119 Å². The third-order valence-electron chi connectivity index (χ3n) is 5.41. The van der Waals surface area contributed by atoms with Gasteiger partial charge in [-0.3, -0.25) is 0 Å². The number of nitrogens with two attached hydrogens (primary N) is 1. The van der Waals surface area contributed by atoms with Gasteiger partial charge in [-0.05, 0) is 73.6 Å². The minimum absolute atomic E-state index is 0.174. The van der Waals surface area contributed by atoms with Crippen LogP contribution < -0.4 is 10.5 Å². The number of nitrogen functional groups attached to an aromatic ring is 1. The predicted molar refractivity (Wildman–Crippen MR) is 77.5 cm³/mol. The summed E-state index contributed by atoms with van der Waals surface area (Å²) in [6, 6.07) is 5.19. The first-order valence-corrected chi connectivity index (χ1v) is 8.83. The lowest BCUT2D eigenvalue weighted by Gasteiger charge is -2.12. The summed E-state index contributed by atoms with van der Waals surface area (Å²) in [5, 5.41) is 0. The summed E-state index contributed by atoms with van der Waals surface area (Å²) in [4.78, 5) is 0.298. The lowest BCUT2D eigenvalue weighted by molar-refractivity contribution is 0.456. The molecule has 2 bridgehead atoms. The van der Waals surface area contributed by atoms with Gasteiger partial charge >= 0.3 is 0 Å². The molecule has 0 aromatic heterocycles. The zero-order valence-electron chi connectivity index (χ0n) is 11.5. The van der Waals surface area contributed by atoms with Gasteiger partial charge in [-0.1, -0.05) is 0 Å². The molecule has 0 saturated heterocycles. The largest absolute Gasteiger partial charge is 0.399 e. The van der Waals surface area contributed by atoms with Gasteiger partial charge < -0.3 is 5.73 Å². The number of hydrogen-bond acceptors (Lipinski definition) is 3. The van der Waals surface area contributed by atoms with Crippen molar-refractivity contribution < 1.29 is 8.42 Å². The van der Waals surface area contributed by atoms with E-state index in [0.29, 0.717) is 22.4 Å². The van der Waals surface area contributed by atoms with Crippen molar-refractivity contribution in [3.8, 4) is 0 Å². The van der Waals surface area contributed by atoms with Crippen molar-refractivity contribution in [3.05, 3.63) is 23.8 Å². The molecule has 4 nitrogen and oxygen atoms in total. The second kappa shape index (κ2) is 3.98. The van der Waals surface area contributed by atoms with Crippen molar-refractivity contribution in [2.24, 2.45) is 23.7 Å². The van der Waals surface area contributed by atoms with Crippen LogP contribution in [0.3, 0.4) is 0 Å². The summed E-state index contributed by atoms with van der Waals surface area (Å²) in [6.45, 7) is 1.86. The summed E-state index contributed by atoms with van der Waals surface area (Å²) < 4.78 is 27.9. The Kier molecular flexibility index (Phi) is 2.52. The SMILES string of the molecule is Cc1cc(N)cc(S(=O)(=O)NC2C3C4CCC(C4)C23)c1. The molecule has 0 spiro atoms. The van der Waals surface area contributed by atoms with E-state index in [4.69, 9.17) is 5.73 Å². The first kappa shape index (κ1) is 12.7. The molecule has 1 aromatic carbocycles. The molecular formula is C15H20N2O2S. The Hall–Kier alpha value is -1.07. The van der Waals surface area contributed by atoms with Crippen molar-refractivity contribution >= 4 is 15.7 Å². The topological polar surface area (TPSA) is 72.2 Å². The van der Waals surface area contributed by atoms with Crippen LogP contribution in [-0.4, -0.2) is 14.5 Å². The van der Waals surface area contributed by atoms with Gasteiger partial charge in [0, 0.05) is 11.7 Å². The highest BCUT2D eigenvalue weighted by Crippen LogP contribution is 2.65. The van der Waals surface area contributed by atoms with Gasteiger partial charge in [0.1, 0.15) is 0 Å². The second-order valence-corrected chi connectivity index (χ2v) is 8.43. The number of rotatable bonds is 3. The molecule has 3 aliphatic carbocycles. The highest BCUT2D eigenvalue weighted by Gasteiger charge is 2.65. The summed E-state index contributed by atoms with van der Waals surface area (Å²) in [5.41, 5.74) is 7.13. The van der Waals surface area contributed by atoms with Crippen LogP contribution in [0, 0.1) is 30.6 Å². The molecule has 108 valence electrons. The third kappa shape index (κ3) is 1.79. The van der Waals surface area contributed by atoms with E-state index in [-0.39, 0.29) is 6.04 Å². The Morgan fingerprint density at radius 2 is 1.80 bits per heavy atom. The van der Waals surface area contributed by atoms with Gasteiger partial charge in [-0.25, -0.2) is 13.1 Å². The van der Waals surface area contributed by atoms with E-state index in [0.717, 1.165) is 17.4 Å². The smallest absolute Gasteiger partial charge is 0.240 e. The minimum atomic E-state index is -3.43. The quantitative estimate of drug-likeness (QED) is 0.836. The van der Waals surface area contributed by atoms with Crippen LogP contribution in [-0.2, 0) is 10.0 Å². The van der Waals surface area contributed by atoms with Crippen LogP contribution in [0.1, 0.15) is 24.8 Å². The summed E-state index contributed by atoms with van der Waals surface area (Å²) >= 11 is 0. The molecule has 3 fully saturated rings. The summed E-state index contributed by atoms with van der Waals surface area (Å²) in [5.74, 6) is 2.73. The first-order chi connectivity index (χ1) is 9.45. The molecule has 0 heterocycles. The van der Waals surface area contributed by atoms with Crippen LogP contribution >= 0.6 is 0 Å². The summed E-state index contributed by atoms with van der Waals surface area (Å²) in [7, 11) is -3.43. The van der Waals surface area contributed by atoms with Crippen LogP contribution in [0.4, 0.5) is 5.69 Å². The third-order valence-corrected chi connectivity index (χ3v) is 6.85. The molecule has 3 N–H and O–H groups in total.